The van der Waals surface area contributed by atoms with Gasteiger partial charge in [-0.15, -0.1) is 0 Å². The van der Waals surface area contributed by atoms with Gasteiger partial charge >= 0.3 is 0 Å². The molecule has 7 nitrogen and oxygen atoms in total. The van der Waals surface area contributed by atoms with Crippen molar-refractivity contribution in [2.24, 2.45) is 0 Å². The second-order valence-corrected chi connectivity index (χ2v) is 7.08. The summed E-state index contributed by atoms with van der Waals surface area (Å²) in [7, 11) is -1.80. The Morgan fingerprint density at radius 1 is 1.27 bits per heavy atom. The Balaban J connectivity index is 1.83. The molecule has 1 aliphatic rings. The van der Waals surface area contributed by atoms with Crippen LogP contribution in [-0.2, 0) is 14.8 Å². The third kappa shape index (κ3) is 4.69. The van der Waals surface area contributed by atoms with Crippen LogP contribution in [0.15, 0.2) is 24.3 Å². The van der Waals surface area contributed by atoms with Gasteiger partial charge in [0.2, 0.25) is 15.9 Å². The first-order chi connectivity index (χ1) is 10.5. The van der Waals surface area contributed by atoms with Crippen molar-refractivity contribution in [3.63, 3.8) is 0 Å². The van der Waals surface area contributed by atoms with Crippen molar-refractivity contribution in [3.05, 3.63) is 24.3 Å². The summed E-state index contributed by atoms with van der Waals surface area (Å²) in [6.45, 7) is 2.22. The van der Waals surface area contributed by atoms with Gasteiger partial charge < -0.3 is 15.4 Å². The topological polar surface area (TPSA) is 87.7 Å². The van der Waals surface area contributed by atoms with Gasteiger partial charge in [0.05, 0.1) is 12.9 Å². The molecule has 0 atom stereocenters. The number of ether oxygens (including phenoxy) is 1. The molecular weight excluding hydrogens is 306 g/mol. The lowest BCUT2D eigenvalue weighted by molar-refractivity contribution is -0.115. The van der Waals surface area contributed by atoms with E-state index >= 15 is 0 Å². The quantitative estimate of drug-likeness (QED) is 0.782. The monoisotopic (exact) mass is 327 g/mol. The zero-order valence-corrected chi connectivity index (χ0v) is 13.4. The van der Waals surface area contributed by atoms with E-state index in [0.717, 1.165) is 0 Å². The van der Waals surface area contributed by atoms with E-state index in [0.29, 0.717) is 37.6 Å². The van der Waals surface area contributed by atoms with Gasteiger partial charge in [-0.3, -0.25) is 4.79 Å². The number of nitrogens with zero attached hydrogens (tertiary/aromatic N) is 1. The highest BCUT2D eigenvalue weighted by molar-refractivity contribution is 7.89. The number of methoxy groups -OCH3 is 1. The smallest absolute Gasteiger partial charge is 0.225 e. The Morgan fingerprint density at radius 3 is 2.50 bits per heavy atom. The number of rotatable bonds is 6. The van der Waals surface area contributed by atoms with Crippen molar-refractivity contribution in [3.8, 4) is 5.75 Å². The molecule has 1 aromatic carbocycles. The maximum atomic E-state index is 12.1. The van der Waals surface area contributed by atoms with Crippen LogP contribution in [0, 0.1) is 0 Å². The maximum Gasteiger partial charge on any atom is 0.225 e. The van der Waals surface area contributed by atoms with Gasteiger partial charge in [-0.25, -0.2) is 8.42 Å². The normalized spacial score (nSPS) is 16.2. The summed E-state index contributed by atoms with van der Waals surface area (Å²) in [6, 6.07) is 6.88. The summed E-state index contributed by atoms with van der Waals surface area (Å²) >= 11 is 0. The molecule has 0 aromatic heterocycles. The van der Waals surface area contributed by atoms with E-state index in [1.807, 2.05) is 0 Å². The number of hydrogen-bond acceptors (Lipinski definition) is 5. The molecule has 1 fully saturated rings. The highest BCUT2D eigenvalue weighted by Gasteiger charge is 2.24. The second kappa shape index (κ2) is 7.57. The molecule has 0 radical (unpaired) electrons. The number of amides is 1. The van der Waals surface area contributed by atoms with Crippen LogP contribution in [0.4, 0.5) is 5.69 Å². The summed E-state index contributed by atoms with van der Waals surface area (Å²) in [5.41, 5.74) is 0.616. The van der Waals surface area contributed by atoms with E-state index in [1.165, 1.54) is 4.31 Å². The van der Waals surface area contributed by atoms with E-state index < -0.39 is 10.0 Å². The number of carbonyl (C=O) groups is 1. The van der Waals surface area contributed by atoms with Crippen LogP contribution in [-0.4, -0.2) is 57.7 Å². The Labute approximate surface area is 130 Å². The number of sulfonamides is 1. The lowest BCUT2D eigenvalue weighted by atomic mass is 10.3. The molecular formula is C14H21N3O4S. The molecule has 0 aliphatic carbocycles. The Morgan fingerprint density at radius 2 is 1.91 bits per heavy atom. The second-order valence-electron chi connectivity index (χ2n) is 4.99. The van der Waals surface area contributed by atoms with Gasteiger partial charge in [0.25, 0.3) is 0 Å². The predicted molar refractivity (Wildman–Crippen MR) is 84.5 cm³/mol. The molecule has 2 N–H and O–H groups in total. The zero-order valence-electron chi connectivity index (χ0n) is 12.5. The summed E-state index contributed by atoms with van der Waals surface area (Å²) in [5, 5.41) is 5.78. The van der Waals surface area contributed by atoms with Gasteiger partial charge in [0, 0.05) is 38.3 Å². The molecule has 1 aromatic rings. The van der Waals surface area contributed by atoms with E-state index in [-0.39, 0.29) is 18.1 Å². The van der Waals surface area contributed by atoms with E-state index in [9.17, 15) is 13.2 Å². The van der Waals surface area contributed by atoms with Crippen LogP contribution in [0.5, 0.6) is 5.75 Å². The van der Waals surface area contributed by atoms with Crippen LogP contribution in [0.1, 0.15) is 6.42 Å². The van der Waals surface area contributed by atoms with Crippen molar-refractivity contribution in [2.45, 2.75) is 6.42 Å². The minimum Gasteiger partial charge on any atom is -0.497 e. The molecule has 0 bridgehead atoms. The van der Waals surface area contributed by atoms with Crippen LogP contribution in [0.3, 0.4) is 0 Å². The van der Waals surface area contributed by atoms with Gasteiger partial charge in [0.1, 0.15) is 5.75 Å². The van der Waals surface area contributed by atoms with Crippen LogP contribution < -0.4 is 15.4 Å². The number of hydrogen-bond donors (Lipinski definition) is 2. The van der Waals surface area contributed by atoms with E-state index in [1.54, 1.807) is 31.4 Å². The fourth-order valence-electron chi connectivity index (χ4n) is 2.17. The standard InChI is InChI=1S/C14H21N3O4S/c1-21-13-4-2-12(3-5-13)16-14(18)6-11-22(19,20)17-9-7-15-8-10-17/h2-5,15H,6-11H2,1H3,(H,16,18). The number of anilines is 1. The number of benzene rings is 1. The number of piperazine rings is 1. The average molecular weight is 327 g/mol. The largest absolute Gasteiger partial charge is 0.497 e. The summed E-state index contributed by atoms with van der Waals surface area (Å²) in [6.07, 6.45) is -0.0573. The summed E-state index contributed by atoms with van der Waals surface area (Å²) in [4.78, 5) is 11.9. The van der Waals surface area contributed by atoms with Crippen molar-refractivity contribution in [1.29, 1.82) is 0 Å². The minimum atomic E-state index is -3.37. The number of nitrogens with one attached hydrogen (secondary N) is 2. The molecule has 1 heterocycles. The predicted octanol–water partition coefficient (Wildman–Crippen LogP) is 0.259. The van der Waals surface area contributed by atoms with Crippen molar-refractivity contribution in [2.75, 3.05) is 44.4 Å². The van der Waals surface area contributed by atoms with Gasteiger partial charge in [-0.05, 0) is 24.3 Å². The minimum absolute atomic E-state index is 0.0573. The molecule has 1 aliphatic heterocycles. The Bertz CT molecular complexity index is 595. The van der Waals surface area contributed by atoms with Crippen molar-refractivity contribution >= 4 is 21.6 Å². The molecule has 8 heteroatoms. The summed E-state index contributed by atoms with van der Waals surface area (Å²) < 4.78 is 30.7. The highest BCUT2D eigenvalue weighted by atomic mass is 32.2. The molecule has 0 spiro atoms. The first-order valence-electron chi connectivity index (χ1n) is 7.14. The van der Waals surface area contributed by atoms with Gasteiger partial charge in [-0.2, -0.15) is 4.31 Å². The Kier molecular flexibility index (Phi) is 5.76. The first-order valence-corrected chi connectivity index (χ1v) is 8.74. The average Bonchev–Trinajstić information content (AvgIpc) is 2.55. The van der Waals surface area contributed by atoms with Crippen LogP contribution in [0.2, 0.25) is 0 Å². The first kappa shape index (κ1) is 16.7. The molecule has 2 rings (SSSR count). The van der Waals surface area contributed by atoms with Crippen molar-refractivity contribution < 1.29 is 17.9 Å². The molecule has 122 valence electrons. The fourth-order valence-corrected chi connectivity index (χ4v) is 3.61. The van der Waals surface area contributed by atoms with E-state index in [4.69, 9.17) is 4.74 Å². The van der Waals surface area contributed by atoms with Crippen molar-refractivity contribution in [1.82, 2.24) is 9.62 Å². The lowest BCUT2D eigenvalue weighted by Crippen LogP contribution is -2.47. The number of carbonyl (C=O) groups excluding carboxylic acids is 1. The van der Waals surface area contributed by atoms with Gasteiger partial charge in [0.15, 0.2) is 0 Å². The third-order valence-corrected chi connectivity index (χ3v) is 5.30. The van der Waals surface area contributed by atoms with Crippen LogP contribution in [0.25, 0.3) is 0 Å². The van der Waals surface area contributed by atoms with Gasteiger partial charge in [-0.1, -0.05) is 0 Å². The SMILES string of the molecule is COc1ccc(NC(=O)CCS(=O)(=O)N2CCNCC2)cc1. The molecule has 1 saturated heterocycles. The highest BCUT2D eigenvalue weighted by Crippen LogP contribution is 2.15. The maximum absolute atomic E-state index is 12.1. The molecule has 0 unspecified atom stereocenters. The van der Waals surface area contributed by atoms with E-state index in [2.05, 4.69) is 10.6 Å². The molecule has 1 amide bonds. The zero-order chi connectivity index (χ0) is 16.0. The van der Waals surface area contributed by atoms with Crippen LogP contribution >= 0.6 is 0 Å². The molecule has 22 heavy (non-hydrogen) atoms. The third-order valence-electron chi connectivity index (χ3n) is 3.43. The lowest BCUT2D eigenvalue weighted by Gasteiger charge is -2.26. The Hall–Kier alpha value is -1.64. The fraction of sp³-hybridized carbons (Fsp3) is 0.500. The summed E-state index contributed by atoms with van der Waals surface area (Å²) in [5.74, 6) is 0.206. The molecule has 0 saturated carbocycles.